The second kappa shape index (κ2) is 10.1. The summed E-state index contributed by atoms with van der Waals surface area (Å²) in [6.45, 7) is 2.08. The van der Waals surface area contributed by atoms with Gasteiger partial charge in [0.25, 0.3) is 0 Å². The molecule has 1 saturated carbocycles. The van der Waals surface area contributed by atoms with Crippen molar-refractivity contribution >= 4 is 17.7 Å². The monoisotopic (exact) mass is 553 g/mol. The number of H-pyrrole nitrogens is 1. The lowest BCUT2D eigenvalue weighted by molar-refractivity contribution is -0.131. The second-order valence-corrected chi connectivity index (χ2v) is 11.4. The number of piperidine rings is 1. The van der Waals surface area contributed by atoms with Gasteiger partial charge in [-0.3, -0.25) is 14.4 Å². The number of carbonyl (C=O) groups excluding carboxylic acids is 3. The smallest absolute Gasteiger partial charge is 0.248 e. The van der Waals surface area contributed by atoms with E-state index in [0.717, 1.165) is 35.1 Å². The topological polar surface area (TPSA) is 197 Å². The first-order valence-electron chi connectivity index (χ1n) is 13.8. The fourth-order valence-corrected chi connectivity index (χ4v) is 6.88. The van der Waals surface area contributed by atoms with Crippen molar-refractivity contribution in [2.45, 2.75) is 62.6 Å². The molecule has 4 atom stereocenters. The van der Waals surface area contributed by atoms with E-state index >= 15 is 0 Å². The van der Waals surface area contributed by atoms with Crippen LogP contribution >= 0.6 is 0 Å². The van der Waals surface area contributed by atoms with Gasteiger partial charge in [0, 0.05) is 23.2 Å². The Hall–Kier alpha value is -4.63. The summed E-state index contributed by atoms with van der Waals surface area (Å²) in [6, 6.07) is 12.7. The van der Waals surface area contributed by atoms with Crippen LogP contribution in [0.4, 0.5) is 0 Å². The number of nitrogens with zero attached hydrogens (tertiary/aromatic N) is 5. The molecule has 1 saturated heterocycles. The van der Waals surface area contributed by atoms with Gasteiger partial charge in [0.15, 0.2) is 5.82 Å². The van der Waals surface area contributed by atoms with Gasteiger partial charge in [-0.05, 0) is 102 Å². The van der Waals surface area contributed by atoms with E-state index in [1.165, 1.54) is 0 Å². The molecule has 6 rings (SSSR count). The normalized spacial score (nSPS) is 22.4. The van der Waals surface area contributed by atoms with Crippen LogP contribution in [0.3, 0.4) is 0 Å². The summed E-state index contributed by atoms with van der Waals surface area (Å²) in [5.74, 6) is -0.200. The number of likely N-dealkylation sites (tertiary alicyclic amines) is 1. The summed E-state index contributed by atoms with van der Waals surface area (Å²) in [5, 5.41) is 28.1. The van der Waals surface area contributed by atoms with Crippen molar-refractivity contribution in [1.29, 1.82) is 5.26 Å². The number of nitrogens with two attached hydrogens (primary N) is 2. The van der Waals surface area contributed by atoms with E-state index in [-0.39, 0.29) is 30.6 Å². The zero-order chi connectivity index (χ0) is 28.9. The van der Waals surface area contributed by atoms with Gasteiger partial charge in [0.05, 0.1) is 18.0 Å². The number of aromatic amines is 1. The van der Waals surface area contributed by atoms with Gasteiger partial charge in [0.2, 0.25) is 17.7 Å². The van der Waals surface area contributed by atoms with Gasteiger partial charge < -0.3 is 21.7 Å². The summed E-state index contributed by atoms with van der Waals surface area (Å²) in [4.78, 5) is 39.1. The number of hydrogen-bond donors (Lipinski definition) is 4. The number of hydrogen-bond acceptors (Lipinski definition) is 8. The summed E-state index contributed by atoms with van der Waals surface area (Å²) < 4.78 is 0. The molecule has 2 heterocycles. The Morgan fingerprint density at radius 1 is 1.10 bits per heavy atom. The molecule has 6 N–H and O–H groups in total. The van der Waals surface area contributed by atoms with E-state index in [9.17, 15) is 19.6 Å². The average molecular weight is 554 g/mol. The molecule has 0 bridgehead atoms. The highest BCUT2D eigenvalue weighted by molar-refractivity contribution is 5.94. The van der Waals surface area contributed by atoms with Gasteiger partial charge in [-0.2, -0.15) is 5.26 Å². The Kier molecular flexibility index (Phi) is 6.54. The molecule has 0 spiro atoms. The Balaban J connectivity index is 1.40. The van der Waals surface area contributed by atoms with Crippen LogP contribution in [0.25, 0.3) is 0 Å². The predicted molar refractivity (Wildman–Crippen MR) is 146 cm³/mol. The maximum Gasteiger partial charge on any atom is 0.248 e. The maximum atomic E-state index is 13.2. The minimum atomic E-state index is -0.920. The first-order valence-corrected chi connectivity index (χ1v) is 13.8. The SMILES string of the molecule is C[C@H](CC1(c2nnn[nH]2)c2ccc(C(N)=O)cc2CCc2cc(C(N)=O)ccc21)NCC(=O)N1[C@H](C#N)C[C@@H]2C[C@@H]21. The second-order valence-electron chi connectivity index (χ2n) is 11.4. The van der Waals surface area contributed by atoms with Crippen molar-refractivity contribution < 1.29 is 14.4 Å². The molecule has 2 aromatic carbocycles. The van der Waals surface area contributed by atoms with Crippen LogP contribution in [-0.4, -0.2) is 67.9 Å². The lowest BCUT2D eigenvalue weighted by atomic mass is 9.67. The number of rotatable bonds is 8. The van der Waals surface area contributed by atoms with Crippen LogP contribution in [0.5, 0.6) is 0 Å². The molecule has 2 fully saturated rings. The Morgan fingerprint density at radius 3 is 2.27 bits per heavy atom. The van der Waals surface area contributed by atoms with Crippen molar-refractivity contribution in [3.8, 4) is 6.07 Å². The molecule has 41 heavy (non-hydrogen) atoms. The average Bonchev–Trinajstić information content (AvgIpc) is 3.35. The zero-order valence-corrected chi connectivity index (χ0v) is 22.6. The number of tetrazole rings is 1. The molecule has 1 aromatic heterocycles. The molecule has 0 unspecified atom stereocenters. The number of primary amides is 2. The van der Waals surface area contributed by atoms with E-state index in [2.05, 4.69) is 32.0 Å². The van der Waals surface area contributed by atoms with Crippen LogP contribution in [0, 0.1) is 17.2 Å². The third-order valence-electron chi connectivity index (χ3n) is 8.87. The van der Waals surface area contributed by atoms with Crippen LogP contribution < -0.4 is 16.8 Å². The minimum absolute atomic E-state index is 0.0809. The summed E-state index contributed by atoms with van der Waals surface area (Å²) in [7, 11) is 0. The van der Waals surface area contributed by atoms with Crippen molar-refractivity contribution in [3.05, 3.63) is 75.6 Å². The molecule has 12 nitrogen and oxygen atoms in total. The third kappa shape index (κ3) is 4.52. The Bertz CT molecular complexity index is 1510. The van der Waals surface area contributed by atoms with Gasteiger partial charge >= 0.3 is 0 Å². The van der Waals surface area contributed by atoms with Gasteiger partial charge in [0.1, 0.15) is 6.04 Å². The summed E-state index contributed by atoms with van der Waals surface area (Å²) in [6.07, 6.45) is 3.33. The van der Waals surface area contributed by atoms with Crippen molar-refractivity contribution in [2.24, 2.45) is 17.4 Å². The molecule has 3 aromatic rings. The quantitative estimate of drug-likeness (QED) is 0.313. The molecule has 3 amide bonds. The van der Waals surface area contributed by atoms with Gasteiger partial charge in [-0.25, -0.2) is 5.10 Å². The van der Waals surface area contributed by atoms with Crippen LogP contribution in [0.15, 0.2) is 36.4 Å². The number of aromatic nitrogens is 4. The first-order chi connectivity index (χ1) is 19.7. The van der Waals surface area contributed by atoms with Crippen LogP contribution in [-0.2, 0) is 23.1 Å². The fourth-order valence-electron chi connectivity index (χ4n) is 6.88. The van der Waals surface area contributed by atoms with Crippen LogP contribution in [0.2, 0.25) is 0 Å². The van der Waals surface area contributed by atoms with Gasteiger partial charge in [-0.1, -0.05) is 12.1 Å². The molecule has 0 radical (unpaired) electrons. The first kappa shape index (κ1) is 26.6. The number of benzene rings is 2. The highest BCUT2D eigenvalue weighted by Crippen LogP contribution is 2.48. The molecular weight excluding hydrogens is 522 g/mol. The minimum Gasteiger partial charge on any atom is -0.366 e. The lowest BCUT2D eigenvalue weighted by Gasteiger charge is -2.37. The van der Waals surface area contributed by atoms with Gasteiger partial charge in [-0.15, -0.1) is 5.10 Å². The van der Waals surface area contributed by atoms with Crippen molar-refractivity contribution in [3.63, 3.8) is 0 Å². The van der Waals surface area contributed by atoms with E-state index in [4.69, 9.17) is 11.5 Å². The Labute approximate surface area is 236 Å². The highest BCUT2D eigenvalue weighted by Gasteiger charge is 2.54. The number of aryl methyl sites for hydroxylation is 2. The van der Waals surface area contributed by atoms with Crippen molar-refractivity contribution in [2.75, 3.05) is 6.54 Å². The van der Waals surface area contributed by atoms with E-state index in [1.54, 1.807) is 29.2 Å². The standard InChI is InChI=1S/C29H31N9O3/c1-15(33-14-25(39)38-21(13-30)10-20-11-24(20)38)12-29(28-34-36-37-35-28)22-6-4-18(26(31)40)8-16(22)2-3-17-9-19(27(32)41)5-7-23(17)29/h4-9,15,20-21,24,33H,2-3,10-12,14H2,1H3,(H2,31,40)(H2,32,41)(H,34,35,36,37)/t15-,20-,21+,24+/m1/s1. The fraction of sp³-hybridized carbons (Fsp3) is 0.414. The molecular formula is C29H31N9O3. The number of fused-ring (bicyclic) bond motifs is 3. The Morgan fingerprint density at radius 2 is 1.73 bits per heavy atom. The molecule has 2 aliphatic carbocycles. The third-order valence-corrected chi connectivity index (χ3v) is 8.87. The number of amides is 3. The van der Waals surface area contributed by atoms with Crippen molar-refractivity contribution in [1.82, 2.24) is 30.8 Å². The van der Waals surface area contributed by atoms with Crippen LogP contribution in [0.1, 0.15) is 75.0 Å². The predicted octanol–water partition coefficient (Wildman–Crippen LogP) is 0.712. The van der Waals surface area contributed by atoms with E-state index < -0.39 is 17.2 Å². The maximum absolute atomic E-state index is 13.2. The summed E-state index contributed by atoms with van der Waals surface area (Å²) >= 11 is 0. The lowest BCUT2D eigenvalue weighted by Crippen LogP contribution is -2.46. The summed E-state index contributed by atoms with van der Waals surface area (Å²) in [5.41, 5.74) is 14.7. The van der Waals surface area contributed by atoms with E-state index in [1.807, 2.05) is 19.1 Å². The number of carbonyl (C=O) groups is 3. The van der Waals surface area contributed by atoms with E-state index in [0.29, 0.717) is 42.1 Å². The number of nitriles is 1. The highest BCUT2D eigenvalue weighted by atomic mass is 16.2. The zero-order valence-electron chi connectivity index (χ0n) is 22.6. The number of nitrogens with one attached hydrogen (secondary N) is 2. The molecule has 210 valence electrons. The molecule has 3 aliphatic rings. The largest absolute Gasteiger partial charge is 0.366 e. The molecule has 12 heteroatoms. The molecule has 1 aliphatic heterocycles.